The lowest BCUT2D eigenvalue weighted by Crippen LogP contribution is -2.36. The van der Waals surface area contributed by atoms with E-state index in [4.69, 9.17) is 0 Å². The summed E-state index contributed by atoms with van der Waals surface area (Å²) < 4.78 is 4.90. The van der Waals surface area contributed by atoms with Crippen molar-refractivity contribution in [2.75, 3.05) is 19.6 Å². The van der Waals surface area contributed by atoms with Gasteiger partial charge in [-0.2, -0.15) is 0 Å². The average molecular weight is 383 g/mol. The predicted octanol–water partition coefficient (Wildman–Crippen LogP) is 2.75. The quantitative estimate of drug-likeness (QED) is 0.631. The molecule has 0 unspecified atom stereocenters. The van der Waals surface area contributed by atoms with Crippen LogP contribution in [-0.4, -0.2) is 38.2 Å². The highest BCUT2D eigenvalue weighted by atomic mass is 16.2. The molecule has 0 amide bonds. The Hall–Kier alpha value is -2.60. The van der Waals surface area contributed by atoms with Crippen LogP contribution in [0.2, 0.25) is 0 Å². The molecule has 0 saturated heterocycles. The molecule has 0 saturated carbocycles. The highest BCUT2D eigenvalue weighted by molar-refractivity contribution is 5.93. The minimum Gasteiger partial charge on any atom is -0.345 e. The lowest BCUT2D eigenvalue weighted by molar-refractivity contribution is 0.293. The van der Waals surface area contributed by atoms with Crippen LogP contribution in [-0.2, 0) is 20.6 Å². The van der Waals surface area contributed by atoms with Gasteiger partial charge in [0, 0.05) is 26.8 Å². The molecule has 1 aromatic carbocycles. The molecule has 6 heteroatoms. The first-order valence-electron chi connectivity index (χ1n) is 9.97. The van der Waals surface area contributed by atoms with Crippen molar-refractivity contribution in [1.29, 1.82) is 0 Å². The van der Waals surface area contributed by atoms with Gasteiger partial charge in [0.25, 0.3) is 5.56 Å². The van der Waals surface area contributed by atoms with Crippen molar-refractivity contribution in [2.24, 2.45) is 14.1 Å². The van der Waals surface area contributed by atoms with E-state index in [1.165, 1.54) is 10.1 Å². The zero-order valence-corrected chi connectivity index (χ0v) is 17.5. The molecular weight excluding hydrogens is 352 g/mol. The summed E-state index contributed by atoms with van der Waals surface area (Å²) in [5.41, 5.74) is 3.22. The minimum atomic E-state index is -0.298. The largest absolute Gasteiger partial charge is 0.345 e. The van der Waals surface area contributed by atoms with Gasteiger partial charge in [-0.05, 0) is 38.5 Å². The monoisotopic (exact) mass is 382 g/mol. The second-order valence-corrected chi connectivity index (χ2v) is 7.38. The van der Waals surface area contributed by atoms with Crippen molar-refractivity contribution < 1.29 is 0 Å². The minimum absolute atomic E-state index is 0.240. The number of hydrogen-bond donors (Lipinski definition) is 0. The summed E-state index contributed by atoms with van der Waals surface area (Å²) in [7, 11) is 3.27. The van der Waals surface area contributed by atoms with E-state index < -0.39 is 0 Å². The summed E-state index contributed by atoms with van der Waals surface area (Å²) in [5.74, 6) is 0. The van der Waals surface area contributed by atoms with Crippen molar-refractivity contribution in [3.8, 4) is 11.3 Å². The zero-order chi connectivity index (χ0) is 20.4. The Kier molecular flexibility index (Phi) is 5.89. The van der Waals surface area contributed by atoms with E-state index in [1.807, 2.05) is 13.1 Å². The maximum atomic E-state index is 13.0. The number of aryl methyl sites for hydroxylation is 3. The molecule has 28 heavy (non-hydrogen) atoms. The first-order valence-corrected chi connectivity index (χ1v) is 9.97. The van der Waals surface area contributed by atoms with Gasteiger partial charge in [-0.3, -0.25) is 13.9 Å². The summed E-state index contributed by atoms with van der Waals surface area (Å²) in [5, 5.41) is 0.608. The van der Waals surface area contributed by atoms with Crippen LogP contribution in [0.1, 0.15) is 25.8 Å². The molecule has 0 bridgehead atoms. The molecule has 0 radical (unpaired) electrons. The second-order valence-electron chi connectivity index (χ2n) is 7.38. The Morgan fingerprint density at radius 1 is 0.964 bits per heavy atom. The zero-order valence-electron chi connectivity index (χ0n) is 17.5. The molecule has 6 nitrogen and oxygen atoms in total. The van der Waals surface area contributed by atoms with E-state index >= 15 is 0 Å². The van der Waals surface area contributed by atoms with Crippen LogP contribution >= 0.6 is 0 Å². The fourth-order valence-electron chi connectivity index (χ4n) is 3.79. The van der Waals surface area contributed by atoms with E-state index in [0.717, 1.165) is 43.9 Å². The first kappa shape index (κ1) is 20.1. The lowest BCUT2D eigenvalue weighted by atomic mass is 10.1. The highest BCUT2D eigenvalue weighted by Gasteiger charge is 2.19. The number of nitrogens with zero attached hydrogens (tertiary/aromatic N) is 4. The molecular formula is C22H30N4O2. The van der Waals surface area contributed by atoms with Crippen LogP contribution in [0.3, 0.4) is 0 Å². The van der Waals surface area contributed by atoms with Crippen LogP contribution in [0, 0.1) is 6.92 Å². The van der Waals surface area contributed by atoms with Gasteiger partial charge < -0.3 is 9.47 Å². The SMILES string of the molecule is CCN(CC)CCCn1cc2c(c1-c1ccc(C)cc1)c(=O)n(C)c(=O)n2C. The fraction of sp³-hybridized carbons (Fsp3) is 0.455. The van der Waals surface area contributed by atoms with Crippen LogP contribution in [0.4, 0.5) is 0 Å². The third kappa shape index (κ3) is 3.56. The van der Waals surface area contributed by atoms with Crippen molar-refractivity contribution in [1.82, 2.24) is 18.6 Å². The number of fused-ring (bicyclic) bond motifs is 1. The van der Waals surface area contributed by atoms with Gasteiger partial charge in [-0.1, -0.05) is 43.7 Å². The van der Waals surface area contributed by atoms with Gasteiger partial charge >= 0.3 is 5.69 Å². The maximum Gasteiger partial charge on any atom is 0.330 e. The van der Waals surface area contributed by atoms with Gasteiger partial charge in [0.15, 0.2) is 0 Å². The molecule has 0 aliphatic heterocycles. The Bertz CT molecular complexity index is 1080. The molecule has 150 valence electrons. The van der Waals surface area contributed by atoms with E-state index in [-0.39, 0.29) is 11.2 Å². The first-order chi connectivity index (χ1) is 13.4. The highest BCUT2D eigenvalue weighted by Crippen LogP contribution is 2.28. The summed E-state index contributed by atoms with van der Waals surface area (Å²) in [6, 6.07) is 8.22. The van der Waals surface area contributed by atoms with Crippen LogP contribution in [0.25, 0.3) is 22.2 Å². The summed E-state index contributed by atoms with van der Waals surface area (Å²) in [6.07, 6.45) is 2.94. The number of aromatic nitrogens is 3. The fourth-order valence-corrected chi connectivity index (χ4v) is 3.79. The topological polar surface area (TPSA) is 52.2 Å². The Balaban J connectivity index is 2.16. The standard InChI is InChI=1S/C22H30N4O2/c1-6-25(7-2)13-8-14-26-15-18-19(21(27)24(5)22(28)23(18)4)20(26)17-11-9-16(3)10-12-17/h9-12,15H,6-8,13-14H2,1-5H3. The summed E-state index contributed by atoms with van der Waals surface area (Å²) in [4.78, 5) is 27.8. The third-order valence-electron chi connectivity index (χ3n) is 5.60. The molecule has 0 spiro atoms. The van der Waals surface area contributed by atoms with E-state index in [9.17, 15) is 9.59 Å². The van der Waals surface area contributed by atoms with Crippen LogP contribution in [0.5, 0.6) is 0 Å². The van der Waals surface area contributed by atoms with Gasteiger partial charge in [-0.15, -0.1) is 0 Å². The van der Waals surface area contributed by atoms with Crippen molar-refractivity contribution in [3.05, 3.63) is 56.9 Å². The number of rotatable bonds is 7. The molecule has 0 aliphatic carbocycles. The third-order valence-corrected chi connectivity index (χ3v) is 5.60. The van der Waals surface area contributed by atoms with Gasteiger partial charge in [0.05, 0.1) is 16.6 Å². The van der Waals surface area contributed by atoms with Crippen LogP contribution in [0.15, 0.2) is 40.1 Å². The van der Waals surface area contributed by atoms with Gasteiger partial charge in [-0.25, -0.2) is 4.79 Å². The Labute approximate surface area is 165 Å². The molecule has 2 heterocycles. The molecule has 0 aliphatic rings. The van der Waals surface area contributed by atoms with Gasteiger partial charge in [0.2, 0.25) is 0 Å². The van der Waals surface area contributed by atoms with E-state index in [0.29, 0.717) is 10.9 Å². The second kappa shape index (κ2) is 8.19. The smallest absolute Gasteiger partial charge is 0.330 e. The van der Waals surface area contributed by atoms with E-state index in [2.05, 4.69) is 47.6 Å². The summed E-state index contributed by atoms with van der Waals surface area (Å²) in [6.45, 7) is 10.3. The van der Waals surface area contributed by atoms with Crippen molar-refractivity contribution in [3.63, 3.8) is 0 Å². The summed E-state index contributed by atoms with van der Waals surface area (Å²) >= 11 is 0. The molecule has 0 N–H and O–H groups in total. The lowest BCUT2D eigenvalue weighted by Gasteiger charge is -2.18. The molecule has 3 rings (SSSR count). The van der Waals surface area contributed by atoms with E-state index in [1.54, 1.807) is 18.7 Å². The van der Waals surface area contributed by atoms with Crippen LogP contribution < -0.4 is 11.2 Å². The molecule has 2 aromatic heterocycles. The number of benzene rings is 1. The predicted molar refractivity (Wildman–Crippen MR) is 115 cm³/mol. The van der Waals surface area contributed by atoms with Gasteiger partial charge in [0.1, 0.15) is 0 Å². The Morgan fingerprint density at radius 2 is 1.61 bits per heavy atom. The molecule has 0 fully saturated rings. The average Bonchev–Trinajstić information content (AvgIpc) is 3.08. The number of hydrogen-bond acceptors (Lipinski definition) is 3. The van der Waals surface area contributed by atoms with Crippen molar-refractivity contribution >= 4 is 10.9 Å². The maximum absolute atomic E-state index is 13.0. The normalized spacial score (nSPS) is 11.6. The Morgan fingerprint density at radius 3 is 2.21 bits per heavy atom. The molecule has 3 aromatic rings. The van der Waals surface area contributed by atoms with Crippen molar-refractivity contribution in [2.45, 2.75) is 33.7 Å². The molecule has 0 atom stereocenters.